The summed E-state index contributed by atoms with van der Waals surface area (Å²) in [6.07, 6.45) is 0.0731. The van der Waals surface area contributed by atoms with Crippen molar-refractivity contribution in [2.24, 2.45) is 5.41 Å². The number of esters is 1. The molecule has 0 aromatic heterocycles. The Morgan fingerprint density at radius 3 is 2.30 bits per heavy atom. The molecule has 0 bridgehead atoms. The fraction of sp³-hybridized carbons (Fsp3) is 0.812. The van der Waals surface area contributed by atoms with Crippen LogP contribution in [0, 0.1) is 5.41 Å². The number of ketones is 1. The van der Waals surface area contributed by atoms with Gasteiger partial charge in [0.25, 0.3) is 0 Å². The van der Waals surface area contributed by atoms with Gasteiger partial charge in [-0.25, -0.2) is 4.79 Å². The van der Waals surface area contributed by atoms with E-state index in [9.17, 15) is 14.4 Å². The third-order valence-electron chi connectivity index (χ3n) is 3.09. The van der Waals surface area contributed by atoms with Crippen molar-refractivity contribution in [1.29, 1.82) is 0 Å². The Labute approximate surface area is 142 Å². The van der Waals surface area contributed by atoms with E-state index in [0.29, 0.717) is 13.0 Å². The van der Waals surface area contributed by atoms with Crippen LogP contribution in [0.3, 0.4) is 0 Å². The Kier molecular flexibility index (Phi) is 6.50. The highest BCUT2D eigenvalue weighted by atomic mass is 32.2. The first kappa shape index (κ1) is 19.8. The Balaban J connectivity index is 2.40. The van der Waals surface area contributed by atoms with Crippen LogP contribution in [0.25, 0.3) is 0 Å². The van der Waals surface area contributed by atoms with Crippen LogP contribution >= 0.6 is 11.8 Å². The second-order valence-corrected chi connectivity index (χ2v) is 8.75. The third kappa shape index (κ3) is 6.81. The zero-order valence-corrected chi connectivity index (χ0v) is 15.6. The van der Waals surface area contributed by atoms with E-state index < -0.39 is 17.1 Å². The van der Waals surface area contributed by atoms with Gasteiger partial charge in [-0.2, -0.15) is 0 Å². The molecule has 132 valence electrons. The van der Waals surface area contributed by atoms with E-state index in [-0.39, 0.29) is 29.5 Å². The number of piperidine rings is 1. The lowest BCUT2D eigenvalue weighted by Crippen LogP contribution is -2.47. The molecular weight excluding hydrogens is 318 g/mol. The Bertz CT molecular complexity index is 464. The van der Waals surface area contributed by atoms with Crippen molar-refractivity contribution in [2.45, 2.75) is 58.8 Å². The van der Waals surface area contributed by atoms with Crippen molar-refractivity contribution < 1.29 is 23.9 Å². The quantitative estimate of drug-likeness (QED) is 0.578. The first-order valence-corrected chi connectivity index (χ1v) is 8.74. The molecule has 0 aromatic rings. The lowest BCUT2D eigenvalue weighted by atomic mass is 9.98. The molecule has 0 N–H and O–H groups in total. The normalized spacial score (nSPS) is 19.5. The van der Waals surface area contributed by atoms with Crippen molar-refractivity contribution in [2.75, 3.05) is 19.0 Å². The van der Waals surface area contributed by atoms with Crippen molar-refractivity contribution in [3.63, 3.8) is 0 Å². The van der Waals surface area contributed by atoms with E-state index in [1.165, 1.54) is 16.7 Å². The second-order valence-electron chi connectivity index (χ2n) is 7.61. The van der Waals surface area contributed by atoms with E-state index >= 15 is 0 Å². The van der Waals surface area contributed by atoms with Gasteiger partial charge in [-0.05, 0) is 48.0 Å². The van der Waals surface area contributed by atoms with Crippen LogP contribution in [-0.2, 0) is 19.1 Å². The highest BCUT2D eigenvalue weighted by Gasteiger charge is 2.32. The van der Waals surface area contributed by atoms with Crippen LogP contribution in [0.15, 0.2) is 0 Å². The number of amides is 1. The first-order chi connectivity index (χ1) is 10.4. The predicted octanol–water partition coefficient (Wildman–Crippen LogP) is 2.84. The van der Waals surface area contributed by atoms with Gasteiger partial charge in [0, 0.05) is 6.54 Å². The molecule has 1 amide bonds. The monoisotopic (exact) mass is 345 g/mol. The number of nitrogens with zero attached hydrogens (tertiary/aromatic N) is 1. The fourth-order valence-electron chi connectivity index (χ4n) is 1.85. The minimum atomic E-state index is -0.577. The maximum absolute atomic E-state index is 12.1. The number of hydrogen-bond acceptors (Lipinski definition) is 6. The predicted molar refractivity (Wildman–Crippen MR) is 89.2 cm³/mol. The highest BCUT2D eigenvalue weighted by Crippen LogP contribution is 2.24. The highest BCUT2D eigenvalue weighted by molar-refractivity contribution is 8.00. The molecule has 1 unspecified atom stereocenters. The number of Topliss-reactive ketones (excluding diaryl/α,β-unsaturated/α-hetero) is 1. The summed E-state index contributed by atoms with van der Waals surface area (Å²) in [4.78, 5) is 37.2. The molecule has 0 aromatic carbocycles. The Morgan fingerprint density at radius 1 is 1.22 bits per heavy atom. The van der Waals surface area contributed by atoms with Gasteiger partial charge in [-0.15, -0.1) is 11.8 Å². The lowest BCUT2D eigenvalue weighted by Gasteiger charge is -2.32. The summed E-state index contributed by atoms with van der Waals surface area (Å²) in [5.74, 6) is -0.179. The van der Waals surface area contributed by atoms with Crippen molar-refractivity contribution in [1.82, 2.24) is 4.90 Å². The molecular formula is C16H27NO5S. The summed E-state index contributed by atoms with van der Waals surface area (Å²) in [7, 11) is 0. The van der Waals surface area contributed by atoms with E-state index in [2.05, 4.69) is 0 Å². The molecule has 0 saturated carbocycles. The number of ether oxygens (including phenoxy) is 2. The molecule has 1 heterocycles. The first-order valence-electron chi connectivity index (χ1n) is 7.69. The molecule has 1 saturated heterocycles. The average molecular weight is 345 g/mol. The number of rotatable bonds is 3. The number of carbonyl (C=O) groups is 3. The van der Waals surface area contributed by atoms with Crippen LogP contribution in [0.5, 0.6) is 0 Å². The summed E-state index contributed by atoms with van der Waals surface area (Å²) < 4.78 is 10.4. The molecule has 1 rings (SSSR count). The maximum Gasteiger partial charge on any atom is 0.410 e. The average Bonchev–Trinajstić information content (AvgIpc) is 2.37. The number of likely N-dealkylation sites (tertiary alicyclic amines) is 1. The summed E-state index contributed by atoms with van der Waals surface area (Å²) in [6.45, 7) is 11.2. The zero-order chi connectivity index (χ0) is 17.8. The largest absolute Gasteiger partial charge is 0.454 e. The van der Waals surface area contributed by atoms with Crippen molar-refractivity contribution in [3.8, 4) is 0 Å². The SMILES string of the molecule is CC(C)(C)OC(=O)N1CCC(SCOC(=O)C(C)(C)C)C(=O)C1. The van der Waals surface area contributed by atoms with Gasteiger partial charge in [-0.1, -0.05) is 0 Å². The molecule has 1 aliphatic rings. The van der Waals surface area contributed by atoms with Gasteiger partial charge in [0.2, 0.25) is 0 Å². The maximum atomic E-state index is 12.1. The van der Waals surface area contributed by atoms with Crippen LogP contribution in [0.2, 0.25) is 0 Å². The van der Waals surface area contributed by atoms with Crippen LogP contribution in [-0.4, -0.2) is 52.6 Å². The van der Waals surface area contributed by atoms with E-state index in [1.54, 1.807) is 41.5 Å². The lowest BCUT2D eigenvalue weighted by molar-refractivity contribution is -0.150. The third-order valence-corrected chi connectivity index (χ3v) is 4.25. The van der Waals surface area contributed by atoms with Gasteiger partial charge < -0.3 is 14.4 Å². The molecule has 6 nitrogen and oxygen atoms in total. The van der Waals surface area contributed by atoms with Gasteiger partial charge in [0.15, 0.2) is 5.78 Å². The minimum Gasteiger partial charge on any atom is -0.454 e. The summed E-state index contributed by atoms with van der Waals surface area (Å²) in [5.41, 5.74) is -1.13. The van der Waals surface area contributed by atoms with Crippen LogP contribution < -0.4 is 0 Å². The number of carbonyl (C=O) groups excluding carboxylic acids is 3. The molecule has 7 heteroatoms. The van der Waals surface area contributed by atoms with E-state index in [1.807, 2.05) is 0 Å². The van der Waals surface area contributed by atoms with Gasteiger partial charge >= 0.3 is 12.1 Å². The van der Waals surface area contributed by atoms with E-state index in [4.69, 9.17) is 9.47 Å². The van der Waals surface area contributed by atoms with E-state index in [0.717, 1.165) is 0 Å². The standard InChI is InChI=1S/C16H27NO5S/c1-15(2,3)13(19)21-10-23-12-7-8-17(9-11(12)18)14(20)22-16(4,5)6/h12H,7-10H2,1-6H3. The fourth-order valence-corrected chi connectivity index (χ4v) is 2.72. The van der Waals surface area contributed by atoms with Gasteiger partial charge in [0.1, 0.15) is 11.5 Å². The Morgan fingerprint density at radius 2 is 1.83 bits per heavy atom. The van der Waals surface area contributed by atoms with Crippen LogP contribution in [0.1, 0.15) is 48.0 Å². The van der Waals surface area contributed by atoms with Crippen molar-refractivity contribution >= 4 is 29.6 Å². The summed E-state index contributed by atoms with van der Waals surface area (Å²) >= 11 is 1.31. The summed E-state index contributed by atoms with van der Waals surface area (Å²) in [5, 5.41) is -0.249. The summed E-state index contributed by atoms with van der Waals surface area (Å²) in [6, 6.07) is 0. The smallest absolute Gasteiger partial charge is 0.410 e. The molecule has 1 aliphatic heterocycles. The van der Waals surface area contributed by atoms with Gasteiger partial charge in [0.05, 0.1) is 17.2 Å². The zero-order valence-electron chi connectivity index (χ0n) is 14.8. The Hall–Kier alpha value is -1.24. The number of hydrogen-bond donors (Lipinski definition) is 0. The van der Waals surface area contributed by atoms with Gasteiger partial charge in [-0.3, -0.25) is 9.59 Å². The molecule has 0 aliphatic carbocycles. The second kappa shape index (κ2) is 7.55. The molecule has 1 atom stereocenters. The molecule has 0 radical (unpaired) electrons. The molecule has 1 fully saturated rings. The molecule has 0 spiro atoms. The number of thioether (sulfide) groups is 1. The minimum absolute atomic E-state index is 0.0415. The molecule has 23 heavy (non-hydrogen) atoms. The topological polar surface area (TPSA) is 72.9 Å². The van der Waals surface area contributed by atoms with Crippen molar-refractivity contribution in [3.05, 3.63) is 0 Å². The van der Waals surface area contributed by atoms with Crippen LogP contribution in [0.4, 0.5) is 4.79 Å².